The lowest BCUT2D eigenvalue weighted by Crippen LogP contribution is -2.43. The van der Waals surface area contributed by atoms with Crippen LogP contribution in [-0.4, -0.2) is 22.3 Å². The van der Waals surface area contributed by atoms with Crippen LogP contribution in [0.15, 0.2) is 28.9 Å². The quantitative estimate of drug-likeness (QED) is 0.563. The Morgan fingerprint density at radius 3 is 2.61 bits per heavy atom. The molecule has 0 bridgehead atoms. The number of aromatic nitrogens is 1. The molecular weight excluding hydrogens is 418 g/mol. The first-order valence-electron chi connectivity index (χ1n) is 10.3. The number of pyridine rings is 1. The zero-order chi connectivity index (χ0) is 20.3. The topological polar surface area (TPSA) is 56.3 Å². The summed E-state index contributed by atoms with van der Waals surface area (Å²) in [5.74, 6) is 0.769. The van der Waals surface area contributed by atoms with Crippen molar-refractivity contribution in [1.82, 2.24) is 4.98 Å². The Bertz CT molecular complexity index is 735. The smallest absolute Gasteiger partial charge is 0.307 e. The van der Waals surface area contributed by atoms with Crippen molar-refractivity contribution in [2.75, 3.05) is 0 Å². The molecule has 28 heavy (non-hydrogen) atoms. The second-order valence-electron chi connectivity index (χ2n) is 9.10. The number of Topliss-reactive ketones (excluding diaryl/α,β-unsaturated/α-hetero) is 1. The molecule has 0 saturated heterocycles. The normalized spacial score (nSPS) is 28.2. The highest BCUT2D eigenvalue weighted by molar-refractivity contribution is 9.10. The number of hydrogen-bond acceptors (Lipinski definition) is 4. The van der Waals surface area contributed by atoms with E-state index in [1.165, 1.54) is 6.42 Å². The molecule has 0 radical (unpaired) electrons. The number of ether oxygens (including phenoxy) is 1. The van der Waals surface area contributed by atoms with Crippen LogP contribution < -0.4 is 0 Å². The number of halogens is 1. The third-order valence-electron chi connectivity index (χ3n) is 5.86. The maximum atomic E-state index is 13.0. The van der Waals surface area contributed by atoms with Gasteiger partial charge in [0, 0.05) is 23.0 Å². The summed E-state index contributed by atoms with van der Waals surface area (Å²) >= 11 is 3.40. The number of esters is 1. The number of carbonyl (C=O) groups excluding carboxylic acids is 2. The monoisotopic (exact) mass is 447 g/mol. The summed E-state index contributed by atoms with van der Waals surface area (Å²) in [6, 6.07) is 3.94. The van der Waals surface area contributed by atoms with Gasteiger partial charge in [0.25, 0.3) is 0 Å². The molecule has 2 aliphatic carbocycles. The van der Waals surface area contributed by atoms with E-state index in [2.05, 4.69) is 27.0 Å². The highest BCUT2D eigenvalue weighted by atomic mass is 79.9. The summed E-state index contributed by atoms with van der Waals surface area (Å²) in [5, 5.41) is 0. The average molecular weight is 448 g/mol. The molecule has 2 aliphatic rings. The van der Waals surface area contributed by atoms with Gasteiger partial charge in [-0.25, -0.2) is 0 Å². The SMILES string of the molecule is CC(C)(C)OC(=O)C[C@@H]1C(=O)C[C@@H](/C=C/c2ccc(Br)cn2)[C@@H]2CCCC[C@H]21. The Hall–Kier alpha value is -1.49. The van der Waals surface area contributed by atoms with Gasteiger partial charge in [-0.05, 0) is 85.5 Å². The Morgan fingerprint density at radius 1 is 1.25 bits per heavy atom. The van der Waals surface area contributed by atoms with Crippen molar-refractivity contribution in [3.05, 3.63) is 34.6 Å². The molecule has 5 heteroatoms. The zero-order valence-electron chi connectivity index (χ0n) is 17.0. The van der Waals surface area contributed by atoms with Crippen LogP contribution in [0.2, 0.25) is 0 Å². The summed E-state index contributed by atoms with van der Waals surface area (Å²) in [5.41, 5.74) is 0.392. The van der Waals surface area contributed by atoms with E-state index in [4.69, 9.17) is 4.74 Å². The molecule has 1 heterocycles. The van der Waals surface area contributed by atoms with Crippen molar-refractivity contribution in [1.29, 1.82) is 0 Å². The van der Waals surface area contributed by atoms with Crippen molar-refractivity contribution in [3.63, 3.8) is 0 Å². The lowest BCUT2D eigenvalue weighted by Gasteiger charge is -2.44. The maximum Gasteiger partial charge on any atom is 0.307 e. The average Bonchev–Trinajstić information content (AvgIpc) is 2.62. The first-order chi connectivity index (χ1) is 13.2. The van der Waals surface area contributed by atoms with E-state index in [-0.39, 0.29) is 35.9 Å². The predicted molar refractivity (Wildman–Crippen MR) is 113 cm³/mol. The first kappa shape index (κ1) is 21.2. The molecule has 0 aliphatic heterocycles. The highest BCUT2D eigenvalue weighted by Crippen LogP contribution is 2.47. The van der Waals surface area contributed by atoms with Crippen molar-refractivity contribution in [2.45, 2.75) is 64.9 Å². The largest absolute Gasteiger partial charge is 0.460 e. The third kappa shape index (κ3) is 5.53. The minimum Gasteiger partial charge on any atom is -0.460 e. The van der Waals surface area contributed by atoms with Crippen LogP contribution in [-0.2, 0) is 14.3 Å². The van der Waals surface area contributed by atoms with Gasteiger partial charge in [0.2, 0.25) is 0 Å². The first-order valence-corrected chi connectivity index (χ1v) is 11.1. The summed E-state index contributed by atoms with van der Waals surface area (Å²) in [6.07, 6.45) is 11.2. The molecule has 0 N–H and O–H groups in total. The van der Waals surface area contributed by atoms with E-state index in [0.717, 1.165) is 29.4 Å². The van der Waals surface area contributed by atoms with Crippen LogP contribution in [0, 0.1) is 23.7 Å². The van der Waals surface area contributed by atoms with Gasteiger partial charge in [-0.2, -0.15) is 0 Å². The Balaban J connectivity index is 1.72. The minimum atomic E-state index is -0.510. The molecule has 0 aromatic carbocycles. The molecule has 152 valence electrons. The molecule has 3 rings (SSSR count). The zero-order valence-corrected chi connectivity index (χ0v) is 18.6. The van der Waals surface area contributed by atoms with Crippen LogP contribution in [0.25, 0.3) is 6.08 Å². The number of carbonyl (C=O) groups is 2. The second kappa shape index (κ2) is 8.89. The van der Waals surface area contributed by atoms with Gasteiger partial charge in [0.15, 0.2) is 0 Å². The number of nitrogens with zero attached hydrogens (tertiary/aromatic N) is 1. The lowest BCUT2D eigenvalue weighted by atomic mass is 9.60. The van der Waals surface area contributed by atoms with Crippen LogP contribution in [0.3, 0.4) is 0 Å². The van der Waals surface area contributed by atoms with E-state index in [0.29, 0.717) is 12.3 Å². The second-order valence-corrected chi connectivity index (χ2v) is 10.0. The Labute approximate surface area is 176 Å². The number of allylic oxidation sites excluding steroid dienone is 1. The van der Waals surface area contributed by atoms with Crippen LogP contribution in [0.1, 0.15) is 65.0 Å². The van der Waals surface area contributed by atoms with E-state index in [9.17, 15) is 9.59 Å². The summed E-state index contributed by atoms with van der Waals surface area (Å²) in [4.78, 5) is 29.7. The van der Waals surface area contributed by atoms with E-state index in [1.807, 2.05) is 39.0 Å². The number of hydrogen-bond donors (Lipinski definition) is 0. The fraction of sp³-hybridized carbons (Fsp3) is 0.609. The van der Waals surface area contributed by atoms with Crippen molar-refractivity contribution < 1.29 is 14.3 Å². The molecule has 4 atom stereocenters. The molecule has 2 saturated carbocycles. The Kier molecular flexibility index (Phi) is 6.74. The molecular formula is C23H30BrNO3. The van der Waals surface area contributed by atoms with E-state index < -0.39 is 5.60 Å². The van der Waals surface area contributed by atoms with Gasteiger partial charge in [-0.3, -0.25) is 14.6 Å². The van der Waals surface area contributed by atoms with Crippen LogP contribution in [0.4, 0.5) is 0 Å². The minimum absolute atomic E-state index is 0.185. The summed E-state index contributed by atoms with van der Waals surface area (Å²) in [7, 11) is 0. The molecule has 0 amide bonds. The molecule has 4 nitrogen and oxygen atoms in total. The van der Waals surface area contributed by atoms with E-state index in [1.54, 1.807) is 6.20 Å². The van der Waals surface area contributed by atoms with Crippen molar-refractivity contribution in [3.8, 4) is 0 Å². The predicted octanol–water partition coefficient (Wildman–Crippen LogP) is 5.60. The lowest BCUT2D eigenvalue weighted by molar-refractivity contribution is -0.159. The van der Waals surface area contributed by atoms with Gasteiger partial charge < -0.3 is 4.74 Å². The molecule has 1 aromatic rings. The standard InChI is InChI=1S/C23H30BrNO3/c1-23(2,3)28-22(27)13-20-19-7-5-4-6-18(19)15(12-21(20)26)8-10-17-11-9-16(24)14-25-17/h8-11,14-15,18-20H,4-7,12-13H2,1-3H3/b10-8+/t15-,18+,19-,20+/m1/s1. The maximum absolute atomic E-state index is 13.0. The highest BCUT2D eigenvalue weighted by Gasteiger charge is 2.45. The van der Waals surface area contributed by atoms with Crippen molar-refractivity contribution in [2.24, 2.45) is 23.7 Å². The molecule has 2 fully saturated rings. The number of rotatable bonds is 4. The van der Waals surface area contributed by atoms with Gasteiger partial charge in [-0.1, -0.05) is 18.9 Å². The van der Waals surface area contributed by atoms with E-state index >= 15 is 0 Å². The molecule has 1 aromatic heterocycles. The van der Waals surface area contributed by atoms with Gasteiger partial charge in [0.05, 0.1) is 12.1 Å². The fourth-order valence-corrected chi connectivity index (χ4v) is 4.97. The summed E-state index contributed by atoms with van der Waals surface area (Å²) in [6.45, 7) is 5.61. The fourth-order valence-electron chi connectivity index (χ4n) is 4.74. The van der Waals surface area contributed by atoms with Gasteiger partial charge in [0.1, 0.15) is 11.4 Å². The molecule has 0 unspecified atom stereocenters. The third-order valence-corrected chi connectivity index (χ3v) is 6.33. The number of fused-ring (bicyclic) bond motifs is 1. The van der Waals surface area contributed by atoms with Gasteiger partial charge >= 0.3 is 5.97 Å². The van der Waals surface area contributed by atoms with Crippen molar-refractivity contribution >= 4 is 33.8 Å². The summed E-state index contributed by atoms with van der Waals surface area (Å²) < 4.78 is 6.45. The Morgan fingerprint density at radius 2 is 1.96 bits per heavy atom. The molecule has 0 spiro atoms. The van der Waals surface area contributed by atoms with Crippen LogP contribution >= 0.6 is 15.9 Å². The number of ketones is 1. The van der Waals surface area contributed by atoms with Crippen LogP contribution in [0.5, 0.6) is 0 Å². The van der Waals surface area contributed by atoms with Gasteiger partial charge in [-0.15, -0.1) is 0 Å².